The van der Waals surface area contributed by atoms with Gasteiger partial charge in [-0.15, -0.1) is 0 Å². The van der Waals surface area contributed by atoms with Gasteiger partial charge in [0.1, 0.15) is 23.1 Å². The Bertz CT molecular complexity index is 1240. The molecule has 8 heteroatoms. The minimum Gasteiger partial charge on any atom is -0.504 e. The van der Waals surface area contributed by atoms with Crippen LogP contribution in [0.3, 0.4) is 0 Å². The highest BCUT2D eigenvalue weighted by atomic mass is 16.5. The smallest absolute Gasteiger partial charge is 0.298 e. The number of nitrogens with one attached hydrogen (secondary N) is 1. The molecule has 0 aliphatic heterocycles. The Morgan fingerprint density at radius 3 is 2.81 bits per heavy atom. The first-order valence-corrected chi connectivity index (χ1v) is 8.09. The number of aromatic amines is 1. The summed E-state index contributed by atoms with van der Waals surface area (Å²) in [6.07, 6.45) is 2.86. The second-order valence-corrected chi connectivity index (χ2v) is 5.83. The van der Waals surface area contributed by atoms with Crippen molar-refractivity contribution in [3.8, 4) is 17.2 Å². The number of aromatic hydroxyl groups is 1. The maximum Gasteiger partial charge on any atom is 0.298 e. The predicted octanol–water partition coefficient (Wildman–Crippen LogP) is 2.48. The fraction of sp³-hybridized carbons (Fsp3) is 0.105. The van der Waals surface area contributed by atoms with Gasteiger partial charge >= 0.3 is 0 Å². The van der Waals surface area contributed by atoms with Gasteiger partial charge in [0.25, 0.3) is 5.56 Å². The zero-order valence-electron chi connectivity index (χ0n) is 14.6. The SMILES string of the molecule is COc1ccc2[nH]c3c(=O)n(N=Cc4ccc(O)c(OC)c4)cnc3c2c1. The van der Waals surface area contributed by atoms with E-state index in [0.29, 0.717) is 28.1 Å². The summed E-state index contributed by atoms with van der Waals surface area (Å²) in [6.45, 7) is 0. The van der Waals surface area contributed by atoms with Crippen LogP contribution < -0.4 is 15.0 Å². The molecule has 2 heterocycles. The number of phenolic OH excluding ortho intramolecular Hbond substituents is 1. The van der Waals surface area contributed by atoms with E-state index in [1.54, 1.807) is 19.2 Å². The molecule has 0 aliphatic rings. The zero-order chi connectivity index (χ0) is 19.0. The first-order valence-electron chi connectivity index (χ1n) is 8.09. The topological polar surface area (TPSA) is 102 Å². The first-order chi connectivity index (χ1) is 13.1. The Labute approximate surface area is 153 Å². The fourth-order valence-corrected chi connectivity index (χ4v) is 2.84. The summed E-state index contributed by atoms with van der Waals surface area (Å²) in [5.41, 5.74) is 2.06. The lowest BCUT2D eigenvalue weighted by Gasteiger charge is -2.03. The van der Waals surface area contributed by atoms with Crippen LogP contribution in [-0.2, 0) is 0 Å². The Morgan fingerprint density at radius 2 is 2.04 bits per heavy atom. The Balaban J connectivity index is 1.78. The lowest BCUT2D eigenvalue weighted by atomic mass is 10.2. The van der Waals surface area contributed by atoms with Crippen molar-refractivity contribution in [1.29, 1.82) is 0 Å². The molecule has 0 bridgehead atoms. The van der Waals surface area contributed by atoms with Crippen molar-refractivity contribution in [2.24, 2.45) is 5.10 Å². The van der Waals surface area contributed by atoms with Crippen LogP contribution in [0.1, 0.15) is 5.56 Å². The molecule has 4 rings (SSSR count). The molecule has 2 N–H and O–H groups in total. The van der Waals surface area contributed by atoms with E-state index in [1.807, 2.05) is 18.2 Å². The number of fused-ring (bicyclic) bond motifs is 3. The molecule has 0 fully saturated rings. The zero-order valence-corrected chi connectivity index (χ0v) is 14.6. The van der Waals surface area contributed by atoms with Crippen molar-refractivity contribution in [3.63, 3.8) is 0 Å². The van der Waals surface area contributed by atoms with Crippen LogP contribution in [0.2, 0.25) is 0 Å². The predicted molar refractivity (Wildman–Crippen MR) is 102 cm³/mol. The van der Waals surface area contributed by atoms with E-state index in [4.69, 9.17) is 9.47 Å². The van der Waals surface area contributed by atoms with Gasteiger partial charge in [0.15, 0.2) is 11.5 Å². The van der Waals surface area contributed by atoms with E-state index in [2.05, 4.69) is 15.1 Å². The van der Waals surface area contributed by atoms with E-state index in [0.717, 1.165) is 15.6 Å². The summed E-state index contributed by atoms with van der Waals surface area (Å²) in [7, 11) is 3.05. The van der Waals surface area contributed by atoms with E-state index >= 15 is 0 Å². The third-order valence-electron chi connectivity index (χ3n) is 4.23. The van der Waals surface area contributed by atoms with Crippen LogP contribution in [0.4, 0.5) is 0 Å². The molecule has 0 saturated heterocycles. The largest absolute Gasteiger partial charge is 0.504 e. The molecule has 0 amide bonds. The number of methoxy groups -OCH3 is 2. The summed E-state index contributed by atoms with van der Waals surface area (Å²) < 4.78 is 11.4. The minimum atomic E-state index is -0.322. The molecule has 0 radical (unpaired) electrons. The Hall–Kier alpha value is -3.81. The number of ether oxygens (including phenoxy) is 2. The maximum absolute atomic E-state index is 12.7. The molecule has 4 aromatic rings. The second kappa shape index (κ2) is 6.49. The van der Waals surface area contributed by atoms with E-state index in [-0.39, 0.29) is 11.3 Å². The molecule has 136 valence electrons. The fourth-order valence-electron chi connectivity index (χ4n) is 2.84. The lowest BCUT2D eigenvalue weighted by Crippen LogP contribution is -2.17. The van der Waals surface area contributed by atoms with Gasteiger partial charge in [-0.3, -0.25) is 4.79 Å². The summed E-state index contributed by atoms with van der Waals surface area (Å²) in [5, 5.41) is 14.6. The third-order valence-corrected chi connectivity index (χ3v) is 4.23. The van der Waals surface area contributed by atoms with E-state index in [1.165, 1.54) is 25.7 Å². The molecule has 0 unspecified atom stereocenters. The van der Waals surface area contributed by atoms with Gasteiger partial charge in [0.2, 0.25) is 0 Å². The summed E-state index contributed by atoms with van der Waals surface area (Å²) in [4.78, 5) is 20.2. The van der Waals surface area contributed by atoms with E-state index < -0.39 is 0 Å². The molecule has 8 nitrogen and oxygen atoms in total. The van der Waals surface area contributed by atoms with Gasteiger partial charge in [-0.05, 0) is 42.0 Å². The standard InChI is InChI=1S/C19H16N4O4/c1-26-12-4-5-14-13(8-12)17-18(22-14)19(25)23(10-20-17)21-9-11-3-6-15(24)16(7-11)27-2/h3-10,22,24H,1-2H3. The molecule has 0 aliphatic carbocycles. The highest BCUT2D eigenvalue weighted by Gasteiger charge is 2.11. The van der Waals surface area contributed by atoms with Gasteiger partial charge in [0, 0.05) is 10.9 Å². The average molecular weight is 364 g/mol. The van der Waals surface area contributed by atoms with Gasteiger partial charge in [-0.1, -0.05) is 0 Å². The highest BCUT2D eigenvalue weighted by molar-refractivity contribution is 6.04. The molecule has 0 saturated carbocycles. The summed E-state index contributed by atoms with van der Waals surface area (Å²) in [5.74, 6) is 1.04. The van der Waals surface area contributed by atoms with Crippen LogP contribution in [0.25, 0.3) is 21.9 Å². The van der Waals surface area contributed by atoms with Gasteiger partial charge in [-0.2, -0.15) is 9.78 Å². The Morgan fingerprint density at radius 1 is 1.19 bits per heavy atom. The summed E-state index contributed by atoms with van der Waals surface area (Å²) in [6, 6.07) is 10.3. The third kappa shape index (κ3) is 2.86. The van der Waals surface area contributed by atoms with Gasteiger partial charge in [-0.25, -0.2) is 4.98 Å². The van der Waals surface area contributed by atoms with Crippen LogP contribution in [0.5, 0.6) is 17.2 Å². The van der Waals surface area contributed by atoms with Crippen molar-refractivity contribution in [2.75, 3.05) is 14.2 Å². The molecule has 0 atom stereocenters. The number of nitrogens with zero attached hydrogens (tertiary/aromatic N) is 3. The monoisotopic (exact) mass is 364 g/mol. The molecule has 27 heavy (non-hydrogen) atoms. The average Bonchev–Trinajstić information content (AvgIpc) is 3.07. The maximum atomic E-state index is 12.7. The van der Waals surface area contributed by atoms with Crippen LogP contribution in [0.15, 0.2) is 52.6 Å². The normalized spacial score (nSPS) is 11.5. The quantitative estimate of drug-likeness (QED) is 0.542. The van der Waals surface area contributed by atoms with Crippen molar-refractivity contribution in [1.82, 2.24) is 14.6 Å². The van der Waals surface area contributed by atoms with E-state index in [9.17, 15) is 9.90 Å². The van der Waals surface area contributed by atoms with Crippen LogP contribution >= 0.6 is 0 Å². The minimum absolute atomic E-state index is 0.0309. The number of aromatic nitrogens is 3. The van der Waals surface area contributed by atoms with Gasteiger partial charge in [0.05, 0.1) is 20.4 Å². The first kappa shape index (κ1) is 16.6. The molecule has 2 aromatic carbocycles. The van der Waals surface area contributed by atoms with Crippen molar-refractivity contribution in [2.45, 2.75) is 0 Å². The van der Waals surface area contributed by atoms with Crippen molar-refractivity contribution >= 4 is 28.2 Å². The molecule has 0 spiro atoms. The number of H-pyrrole nitrogens is 1. The van der Waals surface area contributed by atoms with Crippen LogP contribution in [-0.4, -0.2) is 40.2 Å². The Kier molecular flexibility index (Phi) is 4.00. The lowest BCUT2D eigenvalue weighted by molar-refractivity contribution is 0.373. The molecule has 2 aromatic heterocycles. The van der Waals surface area contributed by atoms with Crippen LogP contribution in [0, 0.1) is 0 Å². The summed E-state index contributed by atoms with van der Waals surface area (Å²) >= 11 is 0. The number of hydrogen-bond donors (Lipinski definition) is 2. The van der Waals surface area contributed by atoms with Crippen molar-refractivity contribution < 1.29 is 14.6 Å². The molecular weight excluding hydrogens is 348 g/mol. The number of hydrogen-bond acceptors (Lipinski definition) is 6. The van der Waals surface area contributed by atoms with Crippen molar-refractivity contribution in [3.05, 3.63) is 58.6 Å². The number of benzene rings is 2. The van der Waals surface area contributed by atoms with Gasteiger partial charge < -0.3 is 19.6 Å². The molecular formula is C19H16N4O4. The highest BCUT2D eigenvalue weighted by Crippen LogP contribution is 2.26. The number of rotatable bonds is 4. The second-order valence-electron chi connectivity index (χ2n) is 5.83. The number of phenols is 1.